The van der Waals surface area contributed by atoms with Gasteiger partial charge < -0.3 is 10.6 Å². The first-order chi connectivity index (χ1) is 8.08. The lowest BCUT2D eigenvalue weighted by molar-refractivity contribution is 1.20. The first-order valence-corrected chi connectivity index (χ1v) is 5.74. The fourth-order valence-corrected chi connectivity index (χ4v) is 1.92. The Kier molecular flexibility index (Phi) is 3.05. The molecule has 0 aromatic heterocycles. The van der Waals surface area contributed by atoms with E-state index in [4.69, 9.17) is 5.73 Å². The predicted molar refractivity (Wildman–Crippen MR) is 74.8 cm³/mol. The number of hydrogen-bond donors (Lipinski definition) is 1. The Labute approximate surface area is 103 Å². The average Bonchev–Trinajstić information content (AvgIpc) is 2.31. The van der Waals surface area contributed by atoms with Gasteiger partial charge in [-0.15, -0.1) is 0 Å². The summed E-state index contributed by atoms with van der Waals surface area (Å²) in [5, 5.41) is 0. The molecule has 0 aliphatic heterocycles. The van der Waals surface area contributed by atoms with Gasteiger partial charge in [0.2, 0.25) is 0 Å². The lowest BCUT2D eigenvalue weighted by Crippen LogP contribution is -2.11. The van der Waals surface area contributed by atoms with Gasteiger partial charge in [-0.05, 0) is 49.2 Å². The fraction of sp³-hybridized carbons (Fsp3) is 0.200. The summed E-state index contributed by atoms with van der Waals surface area (Å²) in [4.78, 5) is 2.12. The van der Waals surface area contributed by atoms with Gasteiger partial charge in [0.25, 0.3) is 0 Å². The van der Waals surface area contributed by atoms with E-state index >= 15 is 0 Å². The van der Waals surface area contributed by atoms with Gasteiger partial charge >= 0.3 is 0 Å². The Bertz CT molecular complexity index is 532. The molecule has 17 heavy (non-hydrogen) atoms. The molecule has 2 heteroatoms. The third kappa shape index (κ3) is 2.41. The third-order valence-corrected chi connectivity index (χ3v) is 2.94. The number of anilines is 3. The Hall–Kier alpha value is -1.96. The zero-order valence-electron chi connectivity index (χ0n) is 10.6. The summed E-state index contributed by atoms with van der Waals surface area (Å²) in [5.74, 6) is 0. The second-order valence-electron chi connectivity index (χ2n) is 4.46. The van der Waals surface area contributed by atoms with E-state index < -0.39 is 0 Å². The first-order valence-electron chi connectivity index (χ1n) is 5.74. The lowest BCUT2D eigenvalue weighted by Gasteiger charge is -2.22. The zero-order chi connectivity index (χ0) is 12.4. The molecule has 2 nitrogen and oxygen atoms in total. The molecule has 0 aliphatic rings. The molecule has 2 aromatic rings. The van der Waals surface area contributed by atoms with Gasteiger partial charge in [-0.3, -0.25) is 0 Å². The van der Waals surface area contributed by atoms with Gasteiger partial charge in [0.15, 0.2) is 0 Å². The van der Waals surface area contributed by atoms with Crippen LogP contribution in [-0.4, -0.2) is 7.05 Å². The molecule has 0 fully saturated rings. The Balaban J connectivity index is 2.43. The number of aryl methyl sites for hydroxylation is 2. The van der Waals surface area contributed by atoms with Crippen molar-refractivity contribution < 1.29 is 0 Å². The van der Waals surface area contributed by atoms with Crippen molar-refractivity contribution in [3.63, 3.8) is 0 Å². The molecule has 0 heterocycles. The van der Waals surface area contributed by atoms with Gasteiger partial charge in [0, 0.05) is 12.7 Å². The first kappa shape index (κ1) is 11.5. The minimum absolute atomic E-state index is 0.805. The summed E-state index contributed by atoms with van der Waals surface area (Å²) in [5.41, 5.74) is 11.5. The molecule has 2 rings (SSSR count). The number of nitrogen functional groups attached to an aromatic ring is 1. The van der Waals surface area contributed by atoms with E-state index in [9.17, 15) is 0 Å². The molecule has 0 spiro atoms. The molecule has 88 valence electrons. The second-order valence-corrected chi connectivity index (χ2v) is 4.46. The molecule has 0 aliphatic carbocycles. The molecule has 0 radical (unpaired) electrons. The van der Waals surface area contributed by atoms with Gasteiger partial charge in [0.05, 0.1) is 11.4 Å². The number of nitrogens with two attached hydrogens (primary N) is 1. The maximum Gasteiger partial charge on any atom is 0.0644 e. The largest absolute Gasteiger partial charge is 0.397 e. The number of nitrogens with zero attached hydrogens (tertiary/aromatic N) is 1. The number of hydrogen-bond acceptors (Lipinski definition) is 2. The summed E-state index contributed by atoms with van der Waals surface area (Å²) in [6, 6.07) is 14.5. The van der Waals surface area contributed by atoms with Crippen LogP contribution in [0.5, 0.6) is 0 Å². The van der Waals surface area contributed by atoms with E-state index in [1.807, 2.05) is 19.2 Å². The topological polar surface area (TPSA) is 29.3 Å². The SMILES string of the molecule is Cc1cccc(N(C)c2cc(C)ccc2N)c1. The van der Waals surface area contributed by atoms with Crippen molar-refractivity contribution >= 4 is 17.1 Å². The van der Waals surface area contributed by atoms with Crippen molar-refractivity contribution in [3.8, 4) is 0 Å². The highest BCUT2D eigenvalue weighted by Gasteiger charge is 2.07. The van der Waals surface area contributed by atoms with Crippen LogP contribution >= 0.6 is 0 Å². The van der Waals surface area contributed by atoms with E-state index in [0.717, 1.165) is 17.1 Å². The Morgan fingerprint density at radius 3 is 2.35 bits per heavy atom. The second kappa shape index (κ2) is 4.50. The van der Waals surface area contributed by atoms with Crippen molar-refractivity contribution in [2.45, 2.75) is 13.8 Å². The Morgan fingerprint density at radius 2 is 1.65 bits per heavy atom. The molecular formula is C15H18N2. The normalized spacial score (nSPS) is 10.3. The summed E-state index contributed by atoms with van der Waals surface area (Å²) in [7, 11) is 2.04. The maximum absolute atomic E-state index is 6.02. The van der Waals surface area contributed by atoms with Crippen LogP contribution in [-0.2, 0) is 0 Å². The standard InChI is InChI=1S/C15H18N2/c1-11-5-4-6-13(9-11)17(3)15-10-12(2)7-8-14(15)16/h4-10H,16H2,1-3H3. The summed E-state index contributed by atoms with van der Waals surface area (Å²) in [6.45, 7) is 4.17. The van der Waals surface area contributed by atoms with Gasteiger partial charge in [-0.1, -0.05) is 18.2 Å². The van der Waals surface area contributed by atoms with Crippen LogP contribution in [0.25, 0.3) is 0 Å². The van der Waals surface area contributed by atoms with Crippen LogP contribution in [0.15, 0.2) is 42.5 Å². The van der Waals surface area contributed by atoms with Gasteiger partial charge in [-0.25, -0.2) is 0 Å². The highest BCUT2D eigenvalue weighted by atomic mass is 15.1. The molecule has 0 amide bonds. The van der Waals surface area contributed by atoms with E-state index in [1.54, 1.807) is 0 Å². The lowest BCUT2D eigenvalue weighted by atomic mass is 10.1. The molecule has 2 N–H and O–H groups in total. The van der Waals surface area contributed by atoms with Crippen molar-refractivity contribution in [3.05, 3.63) is 53.6 Å². The molecule has 0 atom stereocenters. The summed E-state index contributed by atoms with van der Waals surface area (Å²) < 4.78 is 0. The van der Waals surface area contributed by atoms with Crippen LogP contribution in [0.4, 0.5) is 17.1 Å². The zero-order valence-corrected chi connectivity index (χ0v) is 10.6. The van der Waals surface area contributed by atoms with Crippen LogP contribution < -0.4 is 10.6 Å². The van der Waals surface area contributed by atoms with Gasteiger partial charge in [0.1, 0.15) is 0 Å². The summed E-state index contributed by atoms with van der Waals surface area (Å²) in [6.07, 6.45) is 0. The van der Waals surface area contributed by atoms with E-state index in [1.165, 1.54) is 11.1 Å². The molecule has 0 bridgehead atoms. The maximum atomic E-state index is 6.02. The van der Waals surface area contributed by atoms with Crippen molar-refractivity contribution in [2.24, 2.45) is 0 Å². The summed E-state index contributed by atoms with van der Waals surface area (Å²) >= 11 is 0. The van der Waals surface area contributed by atoms with Crippen LogP contribution in [0.1, 0.15) is 11.1 Å². The van der Waals surface area contributed by atoms with E-state index in [-0.39, 0.29) is 0 Å². The molecule has 2 aromatic carbocycles. The predicted octanol–water partition coefficient (Wildman–Crippen LogP) is 3.65. The van der Waals surface area contributed by atoms with Crippen molar-refractivity contribution in [1.82, 2.24) is 0 Å². The highest BCUT2D eigenvalue weighted by Crippen LogP contribution is 2.29. The van der Waals surface area contributed by atoms with E-state index in [2.05, 4.69) is 49.1 Å². The average molecular weight is 226 g/mol. The fourth-order valence-electron chi connectivity index (χ4n) is 1.92. The monoisotopic (exact) mass is 226 g/mol. The van der Waals surface area contributed by atoms with Crippen LogP contribution in [0.3, 0.4) is 0 Å². The smallest absolute Gasteiger partial charge is 0.0644 e. The minimum atomic E-state index is 0.805. The third-order valence-electron chi connectivity index (χ3n) is 2.94. The number of rotatable bonds is 2. The quantitative estimate of drug-likeness (QED) is 0.792. The number of benzene rings is 2. The highest BCUT2D eigenvalue weighted by molar-refractivity contribution is 5.75. The van der Waals surface area contributed by atoms with Gasteiger partial charge in [-0.2, -0.15) is 0 Å². The molecule has 0 saturated heterocycles. The van der Waals surface area contributed by atoms with Crippen molar-refractivity contribution in [1.29, 1.82) is 0 Å². The minimum Gasteiger partial charge on any atom is -0.397 e. The molecule has 0 unspecified atom stereocenters. The van der Waals surface area contributed by atoms with Crippen LogP contribution in [0, 0.1) is 13.8 Å². The Morgan fingerprint density at radius 1 is 0.941 bits per heavy atom. The van der Waals surface area contributed by atoms with Crippen molar-refractivity contribution in [2.75, 3.05) is 17.7 Å². The molecular weight excluding hydrogens is 208 g/mol. The van der Waals surface area contributed by atoms with E-state index in [0.29, 0.717) is 0 Å². The van der Waals surface area contributed by atoms with Crippen LogP contribution in [0.2, 0.25) is 0 Å². The molecule has 0 saturated carbocycles.